The van der Waals surface area contributed by atoms with Gasteiger partial charge in [-0.2, -0.15) is 5.26 Å². The summed E-state index contributed by atoms with van der Waals surface area (Å²) in [4.78, 5) is 27.8. The van der Waals surface area contributed by atoms with E-state index >= 15 is 0 Å². The Kier molecular flexibility index (Phi) is 3.41. The number of hydrogen-bond acceptors (Lipinski definition) is 5. The van der Waals surface area contributed by atoms with Crippen LogP contribution in [0.1, 0.15) is 25.7 Å². The summed E-state index contributed by atoms with van der Waals surface area (Å²) in [6.07, 6.45) is 6.31. The van der Waals surface area contributed by atoms with Crippen LogP contribution in [-0.4, -0.2) is 51.9 Å². The number of fused-ring (bicyclic) bond motifs is 1. The Hall–Kier alpha value is -2.62. The van der Waals surface area contributed by atoms with Gasteiger partial charge in [0.05, 0.1) is 11.5 Å². The number of H-pyrrole nitrogens is 1. The molecular formula is C17H20N6O. The van der Waals surface area contributed by atoms with Gasteiger partial charge in [0.25, 0.3) is 0 Å². The molecule has 2 aliphatic rings. The average molecular weight is 324 g/mol. The van der Waals surface area contributed by atoms with Gasteiger partial charge >= 0.3 is 0 Å². The van der Waals surface area contributed by atoms with Crippen LogP contribution in [0.2, 0.25) is 0 Å². The van der Waals surface area contributed by atoms with Crippen molar-refractivity contribution in [3.05, 3.63) is 18.6 Å². The maximum absolute atomic E-state index is 11.9. The highest BCUT2D eigenvalue weighted by atomic mass is 16.2. The molecule has 4 rings (SSSR count). The van der Waals surface area contributed by atoms with Crippen molar-refractivity contribution in [2.45, 2.75) is 31.7 Å². The number of aromatic amines is 1. The standard InChI is InChI=1S/C17H20N6O/c1-22(16-13-4-6-19-15(13)20-11-21-16)12-7-17(8-12)9-23(10-17)14(24)3-2-5-18/h4,6,11-12H,2-3,7-10H2,1H3,(H,19,20,21). The lowest BCUT2D eigenvalue weighted by molar-refractivity contribution is -0.151. The first-order chi connectivity index (χ1) is 11.6. The molecule has 124 valence electrons. The molecule has 1 aliphatic carbocycles. The normalized spacial score (nSPS) is 18.9. The topological polar surface area (TPSA) is 88.9 Å². The molecule has 0 radical (unpaired) electrons. The van der Waals surface area contributed by atoms with Crippen molar-refractivity contribution in [2.75, 3.05) is 25.0 Å². The third kappa shape index (κ3) is 2.30. The maximum Gasteiger partial charge on any atom is 0.223 e. The SMILES string of the molecule is CN(c1ncnc2[nH]ccc12)C1CC2(C1)CN(C(=O)CCC#N)C2. The van der Waals surface area contributed by atoms with Gasteiger partial charge in [-0.3, -0.25) is 4.79 Å². The molecule has 2 fully saturated rings. The first kappa shape index (κ1) is 14.9. The summed E-state index contributed by atoms with van der Waals surface area (Å²) >= 11 is 0. The second-order valence-corrected chi connectivity index (χ2v) is 7.02. The summed E-state index contributed by atoms with van der Waals surface area (Å²) in [6.45, 7) is 1.68. The van der Waals surface area contributed by atoms with Crippen molar-refractivity contribution in [1.82, 2.24) is 19.9 Å². The van der Waals surface area contributed by atoms with Crippen LogP contribution < -0.4 is 4.90 Å². The third-order valence-electron chi connectivity index (χ3n) is 5.41. The quantitative estimate of drug-likeness (QED) is 0.924. The Morgan fingerprint density at radius 3 is 3.04 bits per heavy atom. The van der Waals surface area contributed by atoms with Gasteiger partial charge in [-0.25, -0.2) is 9.97 Å². The molecule has 1 amide bonds. The number of anilines is 1. The molecule has 3 heterocycles. The second kappa shape index (κ2) is 5.48. The zero-order valence-corrected chi connectivity index (χ0v) is 13.7. The molecule has 1 saturated heterocycles. The second-order valence-electron chi connectivity index (χ2n) is 7.02. The van der Waals surface area contributed by atoms with E-state index in [9.17, 15) is 4.79 Å². The van der Waals surface area contributed by atoms with E-state index in [2.05, 4.69) is 26.9 Å². The summed E-state index contributed by atoms with van der Waals surface area (Å²) in [5.74, 6) is 1.08. The van der Waals surface area contributed by atoms with Gasteiger partial charge in [-0.05, 0) is 18.9 Å². The molecule has 2 aromatic heterocycles. The van der Waals surface area contributed by atoms with Crippen LogP contribution in [-0.2, 0) is 4.79 Å². The van der Waals surface area contributed by atoms with Gasteiger partial charge in [0.2, 0.25) is 5.91 Å². The third-order valence-corrected chi connectivity index (χ3v) is 5.41. The molecule has 7 nitrogen and oxygen atoms in total. The molecule has 1 saturated carbocycles. The molecule has 1 N–H and O–H groups in total. The van der Waals surface area contributed by atoms with Gasteiger partial charge in [0, 0.05) is 50.6 Å². The Bertz CT molecular complexity index is 808. The van der Waals surface area contributed by atoms with Gasteiger partial charge in [-0.1, -0.05) is 0 Å². The summed E-state index contributed by atoms with van der Waals surface area (Å²) in [5.41, 5.74) is 1.14. The van der Waals surface area contributed by atoms with Crippen LogP contribution in [0, 0.1) is 16.7 Å². The number of nitrogens with zero attached hydrogens (tertiary/aromatic N) is 5. The number of nitrogens with one attached hydrogen (secondary N) is 1. The molecule has 1 aliphatic heterocycles. The van der Waals surface area contributed by atoms with Crippen LogP contribution in [0.4, 0.5) is 5.82 Å². The monoisotopic (exact) mass is 324 g/mol. The molecule has 7 heteroatoms. The number of amides is 1. The fourth-order valence-corrected chi connectivity index (χ4v) is 4.05. The molecule has 1 spiro atoms. The Morgan fingerprint density at radius 2 is 2.29 bits per heavy atom. The van der Waals surface area contributed by atoms with Crippen LogP contribution >= 0.6 is 0 Å². The van der Waals surface area contributed by atoms with Crippen LogP contribution in [0.5, 0.6) is 0 Å². The van der Waals surface area contributed by atoms with E-state index in [1.54, 1.807) is 6.33 Å². The average Bonchev–Trinajstić information content (AvgIpc) is 2.98. The van der Waals surface area contributed by atoms with Crippen molar-refractivity contribution >= 4 is 22.8 Å². The lowest BCUT2D eigenvalue weighted by Crippen LogP contribution is -2.67. The predicted octanol–water partition coefficient (Wildman–Crippen LogP) is 1.69. The first-order valence-corrected chi connectivity index (χ1v) is 8.27. The van der Waals surface area contributed by atoms with Crippen molar-refractivity contribution < 1.29 is 4.79 Å². The van der Waals surface area contributed by atoms with Crippen molar-refractivity contribution in [3.8, 4) is 6.07 Å². The molecule has 2 aromatic rings. The largest absolute Gasteiger partial charge is 0.356 e. The van der Waals surface area contributed by atoms with E-state index in [1.165, 1.54) is 0 Å². The number of carbonyl (C=O) groups is 1. The maximum atomic E-state index is 11.9. The Morgan fingerprint density at radius 1 is 1.50 bits per heavy atom. The van der Waals surface area contributed by atoms with Crippen LogP contribution in [0.25, 0.3) is 11.0 Å². The zero-order valence-electron chi connectivity index (χ0n) is 13.7. The van der Waals surface area contributed by atoms with Crippen molar-refractivity contribution in [3.63, 3.8) is 0 Å². The minimum Gasteiger partial charge on any atom is -0.356 e. The summed E-state index contributed by atoms with van der Waals surface area (Å²) in [6, 6.07) is 4.50. The number of carbonyl (C=O) groups excluding carboxylic acids is 1. The van der Waals surface area contributed by atoms with Crippen LogP contribution in [0.3, 0.4) is 0 Å². The van der Waals surface area contributed by atoms with Gasteiger partial charge in [0.15, 0.2) is 0 Å². The van der Waals surface area contributed by atoms with E-state index in [-0.39, 0.29) is 11.3 Å². The van der Waals surface area contributed by atoms with Crippen molar-refractivity contribution in [2.24, 2.45) is 5.41 Å². The zero-order chi connectivity index (χ0) is 16.7. The van der Waals surface area contributed by atoms with Gasteiger partial charge < -0.3 is 14.8 Å². The smallest absolute Gasteiger partial charge is 0.223 e. The molecule has 0 aromatic carbocycles. The number of likely N-dealkylation sites (tertiary alicyclic amines) is 1. The molecule has 0 bridgehead atoms. The lowest BCUT2D eigenvalue weighted by atomic mass is 9.60. The number of rotatable bonds is 4. The minimum atomic E-state index is 0.115. The molecule has 0 atom stereocenters. The molecule has 0 unspecified atom stereocenters. The Labute approximate surface area is 140 Å². The summed E-state index contributed by atoms with van der Waals surface area (Å²) < 4.78 is 0. The molecular weight excluding hydrogens is 304 g/mol. The van der Waals surface area contributed by atoms with E-state index in [0.29, 0.717) is 18.9 Å². The first-order valence-electron chi connectivity index (χ1n) is 8.27. The molecule has 24 heavy (non-hydrogen) atoms. The number of hydrogen-bond donors (Lipinski definition) is 1. The van der Waals surface area contributed by atoms with Crippen LogP contribution in [0.15, 0.2) is 18.6 Å². The number of nitriles is 1. The van der Waals surface area contributed by atoms with Crippen molar-refractivity contribution in [1.29, 1.82) is 5.26 Å². The fraction of sp³-hybridized carbons (Fsp3) is 0.529. The van der Waals surface area contributed by atoms with Gasteiger partial charge in [0.1, 0.15) is 17.8 Å². The summed E-state index contributed by atoms with van der Waals surface area (Å²) in [7, 11) is 2.08. The minimum absolute atomic E-state index is 0.115. The predicted molar refractivity (Wildman–Crippen MR) is 89.2 cm³/mol. The highest BCUT2D eigenvalue weighted by Gasteiger charge is 2.54. The highest BCUT2D eigenvalue weighted by molar-refractivity contribution is 5.87. The highest BCUT2D eigenvalue weighted by Crippen LogP contribution is 2.50. The van der Waals surface area contributed by atoms with E-state index in [1.807, 2.05) is 23.2 Å². The van der Waals surface area contributed by atoms with E-state index in [0.717, 1.165) is 42.8 Å². The number of aromatic nitrogens is 3. The summed E-state index contributed by atoms with van der Waals surface area (Å²) in [5, 5.41) is 9.62. The fourth-order valence-electron chi connectivity index (χ4n) is 4.05. The lowest BCUT2D eigenvalue weighted by Gasteiger charge is -2.60. The van der Waals surface area contributed by atoms with Gasteiger partial charge in [-0.15, -0.1) is 0 Å². The Balaban J connectivity index is 1.36. The van der Waals surface area contributed by atoms with E-state index in [4.69, 9.17) is 5.26 Å². The van der Waals surface area contributed by atoms with E-state index < -0.39 is 0 Å².